The SMILES string of the molecule is Nc1cc(C(F)(F)F)ccc1NC(=O)c1ccccn1. The molecule has 104 valence electrons. The fourth-order valence-corrected chi connectivity index (χ4v) is 1.54. The second-order valence-electron chi connectivity index (χ2n) is 3.97. The van der Waals surface area contributed by atoms with E-state index in [0.29, 0.717) is 0 Å². The predicted octanol–water partition coefficient (Wildman–Crippen LogP) is 2.93. The summed E-state index contributed by atoms with van der Waals surface area (Å²) in [7, 11) is 0. The summed E-state index contributed by atoms with van der Waals surface area (Å²) in [6.07, 6.45) is -3.04. The Balaban J connectivity index is 2.21. The molecule has 0 bridgehead atoms. The molecule has 2 aromatic rings. The van der Waals surface area contributed by atoms with E-state index in [0.717, 1.165) is 18.2 Å². The van der Waals surface area contributed by atoms with E-state index < -0.39 is 17.6 Å². The van der Waals surface area contributed by atoms with Crippen LogP contribution in [0.4, 0.5) is 24.5 Å². The maximum absolute atomic E-state index is 12.5. The number of hydrogen-bond donors (Lipinski definition) is 2. The first-order valence-electron chi connectivity index (χ1n) is 5.57. The lowest BCUT2D eigenvalue weighted by atomic mass is 10.1. The van der Waals surface area contributed by atoms with Crippen LogP contribution >= 0.6 is 0 Å². The fraction of sp³-hybridized carbons (Fsp3) is 0.0769. The Labute approximate surface area is 112 Å². The first-order valence-corrected chi connectivity index (χ1v) is 5.57. The Bertz CT molecular complexity index is 627. The van der Waals surface area contributed by atoms with Crippen molar-refractivity contribution in [3.8, 4) is 0 Å². The van der Waals surface area contributed by atoms with Crippen molar-refractivity contribution in [1.82, 2.24) is 4.98 Å². The highest BCUT2D eigenvalue weighted by molar-refractivity contribution is 6.04. The number of hydrogen-bond acceptors (Lipinski definition) is 3. The van der Waals surface area contributed by atoms with Crippen molar-refractivity contribution in [2.75, 3.05) is 11.1 Å². The van der Waals surface area contributed by atoms with Gasteiger partial charge in [-0.1, -0.05) is 6.07 Å². The van der Waals surface area contributed by atoms with Crippen LogP contribution in [0.2, 0.25) is 0 Å². The Kier molecular flexibility index (Phi) is 3.60. The van der Waals surface area contributed by atoms with Gasteiger partial charge in [0, 0.05) is 6.20 Å². The van der Waals surface area contributed by atoms with E-state index in [1.165, 1.54) is 12.3 Å². The van der Waals surface area contributed by atoms with E-state index >= 15 is 0 Å². The zero-order valence-electron chi connectivity index (χ0n) is 10.1. The average molecular weight is 281 g/mol. The molecule has 0 saturated heterocycles. The lowest BCUT2D eigenvalue weighted by Crippen LogP contribution is -2.15. The van der Waals surface area contributed by atoms with Crippen LogP contribution in [-0.4, -0.2) is 10.9 Å². The van der Waals surface area contributed by atoms with Crippen LogP contribution < -0.4 is 11.1 Å². The number of aromatic nitrogens is 1. The molecule has 0 unspecified atom stereocenters. The maximum atomic E-state index is 12.5. The van der Waals surface area contributed by atoms with Gasteiger partial charge in [0.25, 0.3) is 5.91 Å². The zero-order chi connectivity index (χ0) is 14.8. The Morgan fingerprint density at radius 3 is 2.50 bits per heavy atom. The van der Waals surface area contributed by atoms with Gasteiger partial charge in [0.1, 0.15) is 5.69 Å². The van der Waals surface area contributed by atoms with Crippen molar-refractivity contribution < 1.29 is 18.0 Å². The van der Waals surface area contributed by atoms with E-state index in [2.05, 4.69) is 10.3 Å². The molecule has 2 rings (SSSR count). The zero-order valence-corrected chi connectivity index (χ0v) is 10.1. The van der Waals surface area contributed by atoms with Gasteiger partial charge in [-0.15, -0.1) is 0 Å². The number of halogens is 3. The third kappa shape index (κ3) is 3.05. The summed E-state index contributed by atoms with van der Waals surface area (Å²) in [5, 5.41) is 2.41. The number of carbonyl (C=O) groups excluding carboxylic acids is 1. The van der Waals surface area contributed by atoms with Crippen molar-refractivity contribution in [3.05, 3.63) is 53.9 Å². The molecule has 1 aromatic heterocycles. The third-order valence-electron chi connectivity index (χ3n) is 2.52. The summed E-state index contributed by atoms with van der Waals surface area (Å²) in [5.41, 5.74) is 4.73. The van der Waals surface area contributed by atoms with Gasteiger partial charge in [-0.05, 0) is 30.3 Å². The molecule has 0 fully saturated rings. The van der Waals surface area contributed by atoms with Gasteiger partial charge in [0.2, 0.25) is 0 Å². The molecule has 0 atom stereocenters. The van der Waals surface area contributed by atoms with Gasteiger partial charge in [0.15, 0.2) is 0 Å². The quantitative estimate of drug-likeness (QED) is 0.832. The third-order valence-corrected chi connectivity index (χ3v) is 2.52. The summed E-state index contributed by atoms with van der Waals surface area (Å²) in [6, 6.07) is 7.48. The van der Waals surface area contributed by atoms with Crippen LogP contribution in [0.3, 0.4) is 0 Å². The molecular weight excluding hydrogens is 271 g/mol. The van der Waals surface area contributed by atoms with Gasteiger partial charge in [-0.2, -0.15) is 13.2 Å². The van der Waals surface area contributed by atoms with E-state index in [-0.39, 0.29) is 17.1 Å². The van der Waals surface area contributed by atoms with Crippen LogP contribution in [0.25, 0.3) is 0 Å². The summed E-state index contributed by atoms with van der Waals surface area (Å²) < 4.78 is 37.4. The van der Waals surface area contributed by atoms with E-state index in [1.807, 2.05) is 0 Å². The topological polar surface area (TPSA) is 68.0 Å². The molecule has 0 spiro atoms. The molecular formula is C13H10F3N3O. The highest BCUT2D eigenvalue weighted by atomic mass is 19.4. The minimum atomic E-state index is -4.47. The van der Waals surface area contributed by atoms with E-state index in [4.69, 9.17) is 5.73 Å². The van der Waals surface area contributed by atoms with Gasteiger partial charge < -0.3 is 11.1 Å². The number of nitrogens with zero attached hydrogens (tertiary/aromatic N) is 1. The number of amides is 1. The Morgan fingerprint density at radius 2 is 1.95 bits per heavy atom. The van der Waals surface area contributed by atoms with Gasteiger partial charge in [-0.25, -0.2) is 0 Å². The Morgan fingerprint density at radius 1 is 1.20 bits per heavy atom. The van der Waals surface area contributed by atoms with Crippen molar-refractivity contribution in [1.29, 1.82) is 0 Å². The number of benzene rings is 1. The van der Waals surface area contributed by atoms with Crippen LogP contribution in [0.5, 0.6) is 0 Å². The number of nitrogen functional groups attached to an aromatic ring is 1. The van der Waals surface area contributed by atoms with Crippen LogP contribution in [0.15, 0.2) is 42.6 Å². The summed E-state index contributed by atoms with van der Waals surface area (Å²) in [4.78, 5) is 15.6. The minimum Gasteiger partial charge on any atom is -0.397 e. The second-order valence-corrected chi connectivity index (χ2v) is 3.97. The number of rotatable bonds is 2. The van der Waals surface area contributed by atoms with Gasteiger partial charge in [-0.3, -0.25) is 9.78 Å². The van der Waals surface area contributed by atoms with Crippen molar-refractivity contribution in [2.24, 2.45) is 0 Å². The van der Waals surface area contributed by atoms with Crippen molar-refractivity contribution >= 4 is 17.3 Å². The molecule has 0 aliphatic rings. The van der Waals surface area contributed by atoms with E-state index in [9.17, 15) is 18.0 Å². The lowest BCUT2D eigenvalue weighted by Gasteiger charge is -2.11. The number of alkyl halides is 3. The lowest BCUT2D eigenvalue weighted by molar-refractivity contribution is -0.137. The molecule has 1 amide bonds. The van der Waals surface area contributed by atoms with Crippen LogP contribution in [0.1, 0.15) is 16.1 Å². The first-order chi connectivity index (χ1) is 9.38. The summed E-state index contributed by atoms with van der Waals surface area (Å²) in [5.74, 6) is -0.544. The number of nitrogens with one attached hydrogen (secondary N) is 1. The van der Waals surface area contributed by atoms with Crippen molar-refractivity contribution in [3.63, 3.8) is 0 Å². The molecule has 0 aliphatic carbocycles. The molecule has 0 saturated carbocycles. The summed E-state index contributed by atoms with van der Waals surface area (Å²) in [6.45, 7) is 0. The minimum absolute atomic E-state index is 0.105. The largest absolute Gasteiger partial charge is 0.416 e. The monoisotopic (exact) mass is 281 g/mol. The number of carbonyl (C=O) groups is 1. The van der Waals surface area contributed by atoms with Gasteiger partial charge in [0.05, 0.1) is 16.9 Å². The fourth-order valence-electron chi connectivity index (χ4n) is 1.54. The molecule has 0 radical (unpaired) electrons. The van der Waals surface area contributed by atoms with E-state index in [1.54, 1.807) is 12.1 Å². The summed E-state index contributed by atoms with van der Waals surface area (Å²) >= 11 is 0. The predicted molar refractivity (Wildman–Crippen MR) is 68.0 cm³/mol. The first kappa shape index (κ1) is 13.9. The Hall–Kier alpha value is -2.57. The normalized spacial score (nSPS) is 11.2. The molecule has 4 nitrogen and oxygen atoms in total. The number of pyridine rings is 1. The average Bonchev–Trinajstić information content (AvgIpc) is 2.41. The standard InChI is InChI=1S/C13H10F3N3O/c14-13(15,16)8-4-5-10(9(17)7-8)19-12(20)11-3-1-2-6-18-11/h1-7H,17H2,(H,19,20). The molecule has 3 N–H and O–H groups in total. The maximum Gasteiger partial charge on any atom is 0.416 e. The molecule has 1 heterocycles. The van der Waals surface area contributed by atoms with Crippen LogP contribution in [0, 0.1) is 0 Å². The molecule has 20 heavy (non-hydrogen) atoms. The number of anilines is 2. The highest BCUT2D eigenvalue weighted by Gasteiger charge is 2.30. The highest BCUT2D eigenvalue weighted by Crippen LogP contribution is 2.32. The molecule has 1 aromatic carbocycles. The smallest absolute Gasteiger partial charge is 0.397 e. The molecule has 7 heteroatoms. The van der Waals surface area contributed by atoms with Crippen molar-refractivity contribution in [2.45, 2.75) is 6.18 Å². The number of nitrogens with two attached hydrogens (primary N) is 1. The van der Waals surface area contributed by atoms with Crippen LogP contribution in [-0.2, 0) is 6.18 Å². The second kappa shape index (κ2) is 5.20. The van der Waals surface area contributed by atoms with Gasteiger partial charge >= 0.3 is 6.18 Å². The molecule has 0 aliphatic heterocycles.